The zero-order valence-corrected chi connectivity index (χ0v) is 11.5. The Bertz CT molecular complexity index is 532. The van der Waals surface area contributed by atoms with E-state index in [0.717, 1.165) is 24.2 Å². The van der Waals surface area contributed by atoms with Crippen LogP contribution >= 0.6 is 11.3 Å². The second kappa shape index (κ2) is 5.35. The first-order valence-corrected chi connectivity index (χ1v) is 7.80. The van der Waals surface area contributed by atoms with Gasteiger partial charge >= 0.3 is 0 Å². The van der Waals surface area contributed by atoms with Crippen LogP contribution in [-0.2, 0) is 14.9 Å². The van der Waals surface area contributed by atoms with Crippen LogP contribution in [0.5, 0.6) is 0 Å². The van der Waals surface area contributed by atoms with Gasteiger partial charge in [0.1, 0.15) is 9.77 Å². The molecule has 1 N–H and O–H groups in total. The zero-order chi connectivity index (χ0) is 13.2. The van der Waals surface area contributed by atoms with Gasteiger partial charge in [0.25, 0.3) is 5.91 Å². The molecule has 2 heterocycles. The van der Waals surface area contributed by atoms with Crippen molar-refractivity contribution in [2.75, 3.05) is 20.2 Å². The van der Waals surface area contributed by atoms with Gasteiger partial charge in [-0.25, -0.2) is 13.9 Å². The fraction of sp³-hybridized carbons (Fsp3) is 0.500. The summed E-state index contributed by atoms with van der Waals surface area (Å²) in [7, 11) is -2.26. The Labute approximate surface area is 110 Å². The lowest BCUT2D eigenvalue weighted by Gasteiger charge is -2.15. The molecule has 0 saturated carbocycles. The Morgan fingerprint density at radius 3 is 2.72 bits per heavy atom. The molecule has 0 unspecified atom stereocenters. The van der Waals surface area contributed by atoms with Crippen LogP contribution in [0.1, 0.15) is 22.5 Å². The van der Waals surface area contributed by atoms with Crippen molar-refractivity contribution in [1.29, 1.82) is 0 Å². The highest BCUT2D eigenvalue weighted by Gasteiger charge is 2.31. The number of hydroxylamine groups is 1. The minimum absolute atomic E-state index is 0.0592. The molecule has 1 aliphatic heterocycles. The lowest BCUT2D eigenvalue weighted by molar-refractivity contribution is 0.0539. The van der Waals surface area contributed by atoms with Crippen molar-refractivity contribution < 1.29 is 18.0 Å². The topological polar surface area (TPSA) is 75.7 Å². The van der Waals surface area contributed by atoms with Gasteiger partial charge in [-0.15, -0.1) is 11.3 Å². The largest absolute Gasteiger partial charge is 0.286 e. The number of thiophene rings is 1. The van der Waals surface area contributed by atoms with E-state index in [2.05, 4.69) is 10.3 Å². The number of hydrogen-bond acceptors (Lipinski definition) is 5. The van der Waals surface area contributed by atoms with Crippen molar-refractivity contribution in [1.82, 2.24) is 9.79 Å². The molecular formula is C10H14N2O4S2. The molecule has 1 saturated heterocycles. The van der Waals surface area contributed by atoms with E-state index in [1.54, 1.807) is 5.38 Å². The number of sulfonamides is 1. The molecule has 0 bridgehead atoms. The number of carbonyl (C=O) groups is 1. The number of nitrogens with one attached hydrogen (secondary N) is 1. The van der Waals surface area contributed by atoms with Gasteiger partial charge in [-0.05, 0) is 24.3 Å². The molecule has 2 rings (SSSR count). The second-order valence-corrected chi connectivity index (χ2v) is 6.68. The fourth-order valence-corrected chi connectivity index (χ4v) is 4.68. The minimum Gasteiger partial charge on any atom is -0.277 e. The molecule has 6 nitrogen and oxygen atoms in total. The van der Waals surface area contributed by atoms with Crippen LogP contribution in [0.3, 0.4) is 0 Å². The van der Waals surface area contributed by atoms with Gasteiger partial charge in [-0.3, -0.25) is 9.63 Å². The lowest BCUT2D eigenvalue weighted by atomic mass is 10.4. The summed E-state index contributed by atoms with van der Waals surface area (Å²) in [6.45, 7) is 1.03. The van der Waals surface area contributed by atoms with Gasteiger partial charge in [-0.2, -0.15) is 4.31 Å². The summed E-state index contributed by atoms with van der Waals surface area (Å²) in [5.41, 5.74) is 2.14. The summed E-state index contributed by atoms with van der Waals surface area (Å²) >= 11 is 1.09. The van der Waals surface area contributed by atoms with Crippen LogP contribution in [0, 0.1) is 0 Å². The molecule has 0 radical (unpaired) electrons. The molecule has 18 heavy (non-hydrogen) atoms. The van der Waals surface area contributed by atoms with Gasteiger partial charge in [0, 0.05) is 13.1 Å². The first-order valence-electron chi connectivity index (χ1n) is 5.48. The highest BCUT2D eigenvalue weighted by molar-refractivity contribution is 7.89. The fourth-order valence-electron chi connectivity index (χ4n) is 1.87. The van der Waals surface area contributed by atoms with Crippen molar-refractivity contribution in [2.45, 2.75) is 17.7 Å². The maximum atomic E-state index is 12.3. The Kier molecular flexibility index (Phi) is 4.00. The molecule has 1 amide bonds. The van der Waals surface area contributed by atoms with Crippen molar-refractivity contribution >= 4 is 27.3 Å². The first-order chi connectivity index (χ1) is 8.57. The van der Waals surface area contributed by atoms with Crippen LogP contribution < -0.4 is 5.48 Å². The Morgan fingerprint density at radius 1 is 1.44 bits per heavy atom. The Balaban J connectivity index is 2.33. The lowest BCUT2D eigenvalue weighted by Crippen LogP contribution is -2.30. The normalized spacial score (nSPS) is 16.9. The first kappa shape index (κ1) is 13.5. The number of carbonyl (C=O) groups excluding carboxylic acids is 1. The summed E-state index contributed by atoms with van der Waals surface area (Å²) < 4.78 is 26.1. The Morgan fingerprint density at radius 2 is 2.11 bits per heavy atom. The molecule has 1 aromatic heterocycles. The van der Waals surface area contributed by atoms with Crippen molar-refractivity contribution in [3.8, 4) is 0 Å². The van der Waals surface area contributed by atoms with E-state index >= 15 is 0 Å². The van der Waals surface area contributed by atoms with Crippen molar-refractivity contribution in [3.05, 3.63) is 16.3 Å². The summed E-state index contributed by atoms with van der Waals surface area (Å²) in [5, 5.41) is 1.59. The number of nitrogens with zero attached hydrogens (tertiary/aromatic N) is 1. The number of hydrogen-bond donors (Lipinski definition) is 1. The molecule has 8 heteroatoms. The number of rotatable bonds is 4. The molecule has 0 spiro atoms. The third-order valence-corrected chi connectivity index (χ3v) is 5.70. The third-order valence-electron chi connectivity index (χ3n) is 2.71. The van der Waals surface area contributed by atoms with Crippen molar-refractivity contribution in [2.24, 2.45) is 0 Å². The van der Waals surface area contributed by atoms with E-state index in [-0.39, 0.29) is 9.77 Å². The quantitative estimate of drug-likeness (QED) is 0.833. The average molecular weight is 290 g/mol. The van der Waals surface area contributed by atoms with Gasteiger partial charge in [0.2, 0.25) is 10.0 Å². The third kappa shape index (κ3) is 2.41. The van der Waals surface area contributed by atoms with Crippen LogP contribution in [0.25, 0.3) is 0 Å². The second-order valence-electron chi connectivity index (χ2n) is 3.86. The highest BCUT2D eigenvalue weighted by atomic mass is 32.2. The summed E-state index contributed by atoms with van der Waals surface area (Å²) in [4.78, 5) is 16.4. The van der Waals surface area contributed by atoms with Gasteiger partial charge in [-0.1, -0.05) is 0 Å². The average Bonchev–Trinajstić information content (AvgIpc) is 3.01. The molecule has 1 aromatic rings. The monoisotopic (exact) mass is 290 g/mol. The van der Waals surface area contributed by atoms with E-state index < -0.39 is 15.9 Å². The van der Waals surface area contributed by atoms with Crippen LogP contribution in [0.4, 0.5) is 0 Å². The van der Waals surface area contributed by atoms with Gasteiger partial charge < -0.3 is 0 Å². The van der Waals surface area contributed by atoms with E-state index in [1.807, 2.05) is 0 Å². The highest BCUT2D eigenvalue weighted by Crippen LogP contribution is 2.27. The van der Waals surface area contributed by atoms with Gasteiger partial charge in [0.15, 0.2) is 0 Å². The zero-order valence-electron chi connectivity index (χ0n) is 9.88. The Hall–Kier alpha value is -0.960. The molecule has 0 aromatic carbocycles. The predicted molar refractivity (Wildman–Crippen MR) is 66.8 cm³/mol. The number of amides is 1. The van der Waals surface area contributed by atoms with E-state index in [4.69, 9.17) is 0 Å². The predicted octanol–water partition coefficient (Wildman–Crippen LogP) is 0.824. The van der Waals surface area contributed by atoms with Crippen LogP contribution in [0.2, 0.25) is 0 Å². The molecular weight excluding hydrogens is 276 g/mol. The van der Waals surface area contributed by atoms with Crippen molar-refractivity contribution in [3.63, 3.8) is 0 Å². The molecule has 0 atom stereocenters. The van der Waals surface area contributed by atoms with E-state index in [1.165, 1.54) is 17.5 Å². The maximum Gasteiger partial charge on any atom is 0.286 e. The maximum absolute atomic E-state index is 12.3. The molecule has 100 valence electrons. The van der Waals surface area contributed by atoms with Crippen LogP contribution in [-0.4, -0.2) is 38.8 Å². The molecule has 1 aliphatic rings. The molecule has 1 fully saturated rings. The minimum atomic E-state index is -3.56. The van der Waals surface area contributed by atoms with Crippen LogP contribution in [0.15, 0.2) is 16.3 Å². The van der Waals surface area contributed by atoms with E-state index in [0.29, 0.717) is 13.1 Å². The summed E-state index contributed by atoms with van der Waals surface area (Å²) in [5.74, 6) is -0.537. The summed E-state index contributed by atoms with van der Waals surface area (Å²) in [6.07, 6.45) is 1.73. The summed E-state index contributed by atoms with van der Waals surface area (Å²) in [6, 6.07) is 1.46. The smallest absolute Gasteiger partial charge is 0.277 e. The van der Waals surface area contributed by atoms with E-state index in [9.17, 15) is 13.2 Å². The van der Waals surface area contributed by atoms with Gasteiger partial charge in [0.05, 0.1) is 7.11 Å². The SMILES string of the molecule is CONC(=O)c1sccc1S(=O)(=O)N1CCCC1. The molecule has 0 aliphatic carbocycles. The standard InChI is InChI=1S/C10H14N2O4S2/c1-16-11-10(13)9-8(4-7-17-9)18(14,15)12-5-2-3-6-12/h4,7H,2-3,5-6H2,1H3,(H,11,13).